The first kappa shape index (κ1) is 11.5. The topological polar surface area (TPSA) is 26.3 Å². The van der Waals surface area contributed by atoms with Gasteiger partial charge >= 0.3 is 5.97 Å². The monoisotopic (exact) mass is 258 g/mol. The molecule has 1 aliphatic heterocycles. The van der Waals surface area contributed by atoms with Gasteiger partial charge in [0.1, 0.15) is 5.76 Å². The van der Waals surface area contributed by atoms with E-state index in [1.807, 2.05) is 0 Å². The molecule has 1 rings (SSSR count). The lowest BCUT2D eigenvalue weighted by atomic mass is 10.1. The molecular formula is C11H15BrO2. The molecule has 78 valence electrons. The smallest absolute Gasteiger partial charge is 0.336 e. The number of unbranched alkanes of at least 4 members (excludes halogenated alkanes) is 3. The first-order chi connectivity index (χ1) is 6.77. The van der Waals surface area contributed by atoms with E-state index in [4.69, 9.17) is 4.74 Å². The second-order valence-electron chi connectivity index (χ2n) is 3.37. The number of ether oxygens (including phenoxy) is 1. The molecule has 2 nitrogen and oxygen atoms in total. The van der Waals surface area contributed by atoms with Crippen molar-refractivity contribution in [2.75, 3.05) is 0 Å². The lowest BCUT2D eigenvalue weighted by Gasteiger charge is -2.02. The maximum absolute atomic E-state index is 11.0. The van der Waals surface area contributed by atoms with Gasteiger partial charge in [-0.05, 0) is 12.8 Å². The van der Waals surface area contributed by atoms with Gasteiger partial charge in [-0.2, -0.15) is 0 Å². The van der Waals surface area contributed by atoms with Crippen LogP contribution in [0.15, 0.2) is 22.4 Å². The minimum absolute atomic E-state index is 0.249. The van der Waals surface area contributed by atoms with E-state index in [0.29, 0.717) is 5.76 Å². The molecule has 0 saturated heterocycles. The van der Waals surface area contributed by atoms with Crippen LogP contribution in [-0.4, -0.2) is 5.97 Å². The van der Waals surface area contributed by atoms with Gasteiger partial charge in [-0.1, -0.05) is 42.1 Å². The molecule has 14 heavy (non-hydrogen) atoms. The average molecular weight is 259 g/mol. The molecule has 0 saturated carbocycles. The highest BCUT2D eigenvalue weighted by atomic mass is 79.9. The number of rotatable bonds is 5. The summed E-state index contributed by atoms with van der Waals surface area (Å²) in [6.07, 6.45) is 7.35. The van der Waals surface area contributed by atoms with Crippen LogP contribution in [0.25, 0.3) is 0 Å². The van der Waals surface area contributed by atoms with E-state index in [1.165, 1.54) is 19.3 Å². The van der Waals surface area contributed by atoms with Crippen LogP contribution < -0.4 is 0 Å². The van der Waals surface area contributed by atoms with Crippen LogP contribution in [0.1, 0.15) is 39.0 Å². The van der Waals surface area contributed by atoms with Gasteiger partial charge in [0.15, 0.2) is 0 Å². The Kier molecular flexibility index (Phi) is 4.94. The van der Waals surface area contributed by atoms with Gasteiger partial charge in [-0.15, -0.1) is 0 Å². The van der Waals surface area contributed by atoms with E-state index in [0.717, 1.165) is 18.4 Å². The average Bonchev–Trinajstić information content (AvgIpc) is 2.54. The van der Waals surface area contributed by atoms with E-state index in [-0.39, 0.29) is 5.97 Å². The van der Waals surface area contributed by atoms with Crippen molar-refractivity contribution in [1.82, 2.24) is 0 Å². The predicted molar refractivity (Wildman–Crippen MR) is 59.9 cm³/mol. The highest BCUT2D eigenvalue weighted by molar-refractivity contribution is 9.11. The number of hydrogen-bond donors (Lipinski definition) is 0. The molecule has 0 aromatic carbocycles. The van der Waals surface area contributed by atoms with Crippen LogP contribution in [0.4, 0.5) is 0 Å². The van der Waals surface area contributed by atoms with Gasteiger partial charge in [0.05, 0.1) is 0 Å². The Morgan fingerprint density at radius 1 is 1.43 bits per heavy atom. The summed E-state index contributed by atoms with van der Waals surface area (Å²) >= 11 is 3.19. The van der Waals surface area contributed by atoms with Crippen LogP contribution >= 0.6 is 15.9 Å². The Balaban J connectivity index is 2.36. The van der Waals surface area contributed by atoms with Crippen molar-refractivity contribution < 1.29 is 9.53 Å². The molecule has 0 spiro atoms. The molecule has 0 radical (unpaired) electrons. The Bertz CT molecular complexity index is 266. The molecule has 0 aromatic heterocycles. The van der Waals surface area contributed by atoms with Crippen molar-refractivity contribution in [3.05, 3.63) is 22.4 Å². The second kappa shape index (κ2) is 6.02. The van der Waals surface area contributed by atoms with Gasteiger partial charge < -0.3 is 4.74 Å². The van der Waals surface area contributed by atoms with E-state index in [1.54, 1.807) is 11.1 Å². The molecule has 3 heteroatoms. The fraction of sp³-hybridized carbons (Fsp3) is 0.545. The zero-order valence-corrected chi connectivity index (χ0v) is 9.97. The van der Waals surface area contributed by atoms with Gasteiger partial charge in [0.25, 0.3) is 0 Å². The Hall–Kier alpha value is -0.570. The Labute approximate surface area is 93.1 Å². The summed E-state index contributed by atoms with van der Waals surface area (Å²) in [7, 11) is 0. The summed E-state index contributed by atoms with van der Waals surface area (Å²) in [6.45, 7) is 2.19. The van der Waals surface area contributed by atoms with Crippen molar-refractivity contribution in [1.29, 1.82) is 0 Å². The normalized spacial score (nSPS) is 18.6. The maximum Gasteiger partial charge on any atom is 0.336 e. The fourth-order valence-corrected chi connectivity index (χ4v) is 1.83. The summed E-state index contributed by atoms with van der Waals surface area (Å²) in [5, 5.41) is 0. The number of carbonyl (C=O) groups excluding carboxylic acids is 1. The van der Waals surface area contributed by atoms with Crippen LogP contribution in [-0.2, 0) is 9.53 Å². The first-order valence-corrected chi connectivity index (χ1v) is 5.92. The fourth-order valence-electron chi connectivity index (χ4n) is 1.45. The molecule has 0 unspecified atom stereocenters. The number of carbonyl (C=O) groups is 1. The summed E-state index contributed by atoms with van der Waals surface area (Å²) in [4.78, 5) is 12.6. The van der Waals surface area contributed by atoms with E-state index in [9.17, 15) is 4.79 Å². The molecule has 0 amide bonds. The molecular weight excluding hydrogens is 244 g/mol. The van der Waals surface area contributed by atoms with Crippen LogP contribution in [0.2, 0.25) is 0 Å². The highest BCUT2D eigenvalue weighted by Crippen LogP contribution is 2.25. The quantitative estimate of drug-likeness (QED) is 0.556. The van der Waals surface area contributed by atoms with Gasteiger partial charge in [0, 0.05) is 16.6 Å². The van der Waals surface area contributed by atoms with E-state index >= 15 is 0 Å². The lowest BCUT2D eigenvalue weighted by molar-refractivity contribution is -0.132. The van der Waals surface area contributed by atoms with Crippen molar-refractivity contribution in [2.45, 2.75) is 39.0 Å². The Morgan fingerprint density at radius 3 is 2.86 bits per heavy atom. The molecule has 0 aromatic rings. The van der Waals surface area contributed by atoms with E-state index < -0.39 is 0 Å². The molecule has 0 N–H and O–H groups in total. The van der Waals surface area contributed by atoms with Crippen molar-refractivity contribution in [2.24, 2.45) is 0 Å². The van der Waals surface area contributed by atoms with Crippen LogP contribution in [0.5, 0.6) is 0 Å². The Morgan fingerprint density at radius 2 is 2.21 bits per heavy atom. The molecule has 1 aliphatic rings. The SMILES string of the molecule is CCCCCCC1=CC(=O)O/C1=C\Br. The van der Waals surface area contributed by atoms with Gasteiger partial charge in [0.2, 0.25) is 0 Å². The van der Waals surface area contributed by atoms with Crippen LogP contribution in [0, 0.1) is 0 Å². The number of hydrogen-bond acceptors (Lipinski definition) is 2. The van der Waals surface area contributed by atoms with Gasteiger partial charge in [-0.3, -0.25) is 0 Å². The number of allylic oxidation sites excluding steroid dienone is 1. The molecule has 0 atom stereocenters. The standard InChI is InChI=1S/C11H15BrO2/c1-2-3-4-5-6-9-7-11(13)14-10(9)8-12/h7-8H,2-6H2,1H3/b10-8-. The third-order valence-electron chi connectivity index (χ3n) is 2.22. The molecule has 0 fully saturated rings. The largest absolute Gasteiger partial charge is 0.423 e. The first-order valence-electron chi connectivity index (χ1n) is 5.01. The van der Waals surface area contributed by atoms with Crippen molar-refractivity contribution in [3.63, 3.8) is 0 Å². The van der Waals surface area contributed by atoms with Crippen molar-refractivity contribution >= 4 is 21.9 Å². The number of esters is 1. The maximum atomic E-state index is 11.0. The summed E-state index contributed by atoms with van der Waals surface area (Å²) in [5.74, 6) is 0.424. The summed E-state index contributed by atoms with van der Waals surface area (Å²) < 4.78 is 4.96. The highest BCUT2D eigenvalue weighted by Gasteiger charge is 2.18. The minimum atomic E-state index is -0.249. The minimum Gasteiger partial charge on any atom is -0.423 e. The zero-order chi connectivity index (χ0) is 10.4. The summed E-state index contributed by atoms with van der Waals surface area (Å²) in [5.41, 5.74) is 1.02. The zero-order valence-electron chi connectivity index (χ0n) is 8.38. The third kappa shape index (κ3) is 3.29. The molecule has 0 aliphatic carbocycles. The third-order valence-corrected chi connectivity index (χ3v) is 2.63. The summed E-state index contributed by atoms with van der Waals surface area (Å²) in [6, 6.07) is 0. The number of halogens is 1. The van der Waals surface area contributed by atoms with Gasteiger partial charge in [-0.25, -0.2) is 4.79 Å². The second-order valence-corrected chi connectivity index (χ2v) is 3.83. The number of cyclic esters (lactones) is 1. The predicted octanol–water partition coefficient (Wildman–Crippen LogP) is 3.68. The van der Waals surface area contributed by atoms with Crippen molar-refractivity contribution in [3.8, 4) is 0 Å². The van der Waals surface area contributed by atoms with E-state index in [2.05, 4.69) is 22.9 Å². The lowest BCUT2D eigenvalue weighted by Crippen LogP contribution is -1.90. The molecule has 1 heterocycles. The molecule has 0 bridgehead atoms. The van der Waals surface area contributed by atoms with Crippen LogP contribution in [0.3, 0.4) is 0 Å².